The maximum atomic E-state index is 12.8. The van der Waals surface area contributed by atoms with Gasteiger partial charge < -0.3 is 9.80 Å². The van der Waals surface area contributed by atoms with E-state index in [1.807, 2.05) is 40.8 Å². The number of anilines is 1. The van der Waals surface area contributed by atoms with E-state index in [9.17, 15) is 4.79 Å². The molecule has 0 saturated carbocycles. The fourth-order valence-electron chi connectivity index (χ4n) is 4.10. The molecule has 0 bridgehead atoms. The van der Waals surface area contributed by atoms with Crippen LogP contribution in [0.4, 0.5) is 5.69 Å². The summed E-state index contributed by atoms with van der Waals surface area (Å²) in [6.45, 7) is 7.47. The predicted octanol–water partition coefficient (Wildman–Crippen LogP) is 3.77. The molecule has 1 aromatic heterocycles. The number of nitrogens with zero attached hydrogens (tertiary/aromatic N) is 4. The highest BCUT2D eigenvalue weighted by Gasteiger charge is 2.22. The maximum absolute atomic E-state index is 12.8. The van der Waals surface area contributed by atoms with Gasteiger partial charge in [-0.25, -0.2) is 4.68 Å². The van der Waals surface area contributed by atoms with Gasteiger partial charge in [0.25, 0.3) is 0 Å². The largest absolute Gasteiger partial charge is 0.368 e. The second kappa shape index (κ2) is 8.52. The Morgan fingerprint density at radius 1 is 0.862 bits per heavy atom. The average molecular weight is 389 g/mol. The van der Waals surface area contributed by atoms with Crippen molar-refractivity contribution in [3.8, 4) is 5.69 Å². The molecule has 0 aliphatic carbocycles. The smallest absolute Gasteiger partial charge is 0.223 e. The molecular weight excluding hydrogens is 360 g/mol. The minimum atomic E-state index is 0.240. The van der Waals surface area contributed by atoms with Gasteiger partial charge in [0.1, 0.15) is 0 Å². The summed E-state index contributed by atoms with van der Waals surface area (Å²) >= 11 is 0. The first-order valence-corrected chi connectivity index (χ1v) is 10.3. The Hall–Kier alpha value is -3.08. The lowest BCUT2D eigenvalue weighted by Crippen LogP contribution is -2.48. The van der Waals surface area contributed by atoms with Gasteiger partial charge in [-0.05, 0) is 50.1 Å². The highest BCUT2D eigenvalue weighted by atomic mass is 16.2. The number of amides is 1. The zero-order valence-electron chi connectivity index (χ0n) is 17.2. The molecule has 1 aliphatic heterocycles. The van der Waals surface area contributed by atoms with Crippen LogP contribution in [0.25, 0.3) is 5.69 Å². The standard InChI is InChI=1S/C24H28N4O/c1-19-23(20(2)28(25-19)22-11-7-4-8-12-22)13-14-24(29)27-17-15-26(16-18-27)21-9-5-3-6-10-21/h3-12H,13-18H2,1-2H3. The van der Waals surface area contributed by atoms with Crippen LogP contribution < -0.4 is 4.90 Å². The predicted molar refractivity (Wildman–Crippen MR) is 117 cm³/mol. The van der Waals surface area contributed by atoms with Gasteiger partial charge in [-0.2, -0.15) is 5.10 Å². The molecule has 5 nitrogen and oxygen atoms in total. The molecule has 150 valence electrons. The minimum Gasteiger partial charge on any atom is -0.368 e. The molecule has 5 heteroatoms. The lowest BCUT2D eigenvalue weighted by molar-refractivity contribution is -0.131. The summed E-state index contributed by atoms with van der Waals surface area (Å²) in [5.41, 5.74) is 5.61. The minimum absolute atomic E-state index is 0.240. The third-order valence-electron chi connectivity index (χ3n) is 5.78. The van der Waals surface area contributed by atoms with Crippen molar-refractivity contribution in [1.82, 2.24) is 14.7 Å². The molecule has 0 atom stereocenters. The molecule has 4 rings (SSSR count). The van der Waals surface area contributed by atoms with Gasteiger partial charge in [0.05, 0.1) is 11.4 Å². The number of aryl methyl sites for hydroxylation is 1. The van der Waals surface area contributed by atoms with Crippen molar-refractivity contribution in [3.05, 3.63) is 77.6 Å². The molecule has 1 fully saturated rings. The number of aromatic nitrogens is 2. The topological polar surface area (TPSA) is 41.4 Å². The van der Waals surface area contributed by atoms with Crippen molar-refractivity contribution in [2.24, 2.45) is 0 Å². The first-order valence-electron chi connectivity index (χ1n) is 10.3. The summed E-state index contributed by atoms with van der Waals surface area (Å²) in [7, 11) is 0. The summed E-state index contributed by atoms with van der Waals surface area (Å²) in [6.07, 6.45) is 1.27. The number of benzene rings is 2. The number of hydrogen-bond acceptors (Lipinski definition) is 3. The Labute approximate surface area is 172 Å². The molecule has 2 heterocycles. The molecule has 0 spiro atoms. The van der Waals surface area contributed by atoms with Crippen LogP contribution in [-0.2, 0) is 11.2 Å². The van der Waals surface area contributed by atoms with E-state index < -0.39 is 0 Å². The monoisotopic (exact) mass is 388 g/mol. The van der Waals surface area contributed by atoms with Crippen molar-refractivity contribution < 1.29 is 4.79 Å². The number of hydrogen-bond donors (Lipinski definition) is 0. The normalized spacial score (nSPS) is 14.3. The first kappa shape index (κ1) is 19.2. The fourth-order valence-corrected chi connectivity index (χ4v) is 4.10. The van der Waals surface area contributed by atoms with E-state index >= 15 is 0 Å². The molecule has 0 N–H and O–H groups in total. The Morgan fingerprint density at radius 2 is 1.45 bits per heavy atom. The van der Waals surface area contributed by atoms with Crippen molar-refractivity contribution >= 4 is 11.6 Å². The van der Waals surface area contributed by atoms with Crippen LogP contribution in [0.5, 0.6) is 0 Å². The van der Waals surface area contributed by atoms with Crippen LogP contribution in [0.2, 0.25) is 0 Å². The van der Waals surface area contributed by atoms with Crippen LogP contribution in [0, 0.1) is 13.8 Å². The van der Waals surface area contributed by atoms with Crippen molar-refractivity contribution in [2.75, 3.05) is 31.1 Å². The van der Waals surface area contributed by atoms with E-state index in [0.29, 0.717) is 6.42 Å². The van der Waals surface area contributed by atoms with Gasteiger partial charge in [0.2, 0.25) is 5.91 Å². The quantitative estimate of drug-likeness (QED) is 0.668. The van der Waals surface area contributed by atoms with Crippen LogP contribution in [-0.4, -0.2) is 46.8 Å². The lowest BCUT2D eigenvalue weighted by Gasteiger charge is -2.36. The van der Waals surface area contributed by atoms with Gasteiger partial charge in [-0.15, -0.1) is 0 Å². The molecular formula is C24H28N4O. The van der Waals surface area contributed by atoms with Gasteiger partial charge >= 0.3 is 0 Å². The molecule has 2 aromatic carbocycles. The Balaban J connectivity index is 1.35. The lowest BCUT2D eigenvalue weighted by atomic mass is 10.1. The zero-order valence-corrected chi connectivity index (χ0v) is 17.2. The fraction of sp³-hybridized carbons (Fsp3) is 0.333. The summed E-state index contributed by atoms with van der Waals surface area (Å²) in [5.74, 6) is 0.240. The van der Waals surface area contributed by atoms with E-state index in [-0.39, 0.29) is 5.91 Å². The van der Waals surface area contributed by atoms with Crippen molar-refractivity contribution in [3.63, 3.8) is 0 Å². The van der Waals surface area contributed by atoms with Crippen LogP contribution >= 0.6 is 0 Å². The van der Waals surface area contributed by atoms with Gasteiger partial charge in [-0.3, -0.25) is 4.79 Å². The van der Waals surface area contributed by atoms with E-state index in [2.05, 4.69) is 48.2 Å². The van der Waals surface area contributed by atoms with Crippen molar-refractivity contribution in [2.45, 2.75) is 26.7 Å². The maximum Gasteiger partial charge on any atom is 0.223 e. The first-order chi connectivity index (χ1) is 14.1. The van der Waals surface area contributed by atoms with Gasteiger partial charge in [0.15, 0.2) is 0 Å². The Morgan fingerprint density at radius 3 is 2.07 bits per heavy atom. The molecule has 3 aromatic rings. The summed E-state index contributed by atoms with van der Waals surface area (Å²) in [4.78, 5) is 17.1. The number of piperazine rings is 1. The summed E-state index contributed by atoms with van der Waals surface area (Å²) in [5, 5.41) is 4.70. The van der Waals surface area contributed by atoms with E-state index in [1.54, 1.807) is 0 Å². The average Bonchev–Trinajstić information content (AvgIpc) is 3.07. The molecule has 1 saturated heterocycles. The SMILES string of the molecule is Cc1nn(-c2ccccc2)c(C)c1CCC(=O)N1CCN(c2ccccc2)CC1. The Bertz CT molecular complexity index is 957. The van der Waals surface area contributed by atoms with Gasteiger partial charge in [0, 0.05) is 44.0 Å². The van der Waals surface area contributed by atoms with E-state index in [0.717, 1.165) is 49.7 Å². The number of carbonyl (C=O) groups excluding carboxylic acids is 1. The van der Waals surface area contributed by atoms with E-state index in [4.69, 9.17) is 5.10 Å². The summed E-state index contributed by atoms with van der Waals surface area (Å²) in [6, 6.07) is 20.6. The summed E-state index contributed by atoms with van der Waals surface area (Å²) < 4.78 is 1.98. The molecule has 0 unspecified atom stereocenters. The third-order valence-corrected chi connectivity index (χ3v) is 5.78. The highest BCUT2D eigenvalue weighted by molar-refractivity contribution is 5.77. The van der Waals surface area contributed by atoms with Crippen molar-refractivity contribution in [1.29, 1.82) is 0 Å². The number of para-hydroxylation sites is 2. The third kappa shape index (κ3) is 4.19. The van der Waals surface area contributed by atoms with Crippen LogP contribution in [0.3, 0.4) is 0 Å². The molecule has 29 heavy (non-hydrogen) atoms. The zero-order chi connectivity index (χ0) is 20.2. The second-order valence-corrected chi connectivity index (χ2v) is 7.60. The van der Waals surface area contributed by atoms with Crippen LogP contribution in [0.1, 0.15) is 23.4 Å². The molecule has 1 aliphatic rings. The number of carbonyl (C=O) groups is 1. The van der Waals surface area contributed by atoms with Gasteiger partial charge in [-0.1, -0.05) is 36.4 Å². The molecule has 0 radical (unpaired) electrons. The second-order valence-electron chi connectivity index (χ2n) is 7.60. The highest BCUT2D eigenvalue weighted by Crippen LogP contribution is 2.20. The van der Waals surface area contributed by atoms with Crippen LogP contribution in [0.15, 0.2) is 60.7 Å². The number of rotatable bonds is 5. The van der Waals surface area contributed by atoms with E-state index in [1.165, 1.54) is 11.3 Å². The molecule has 1 amide bonds. The Kier molecular flexibility index (Phi) is 5.65.